The molecule has 0 aliphatic carbocycles. The van der Waals surface area contributed by atoms with E-state index in [1.807, 2.05) is 44.3 Å². The molecule has 3 aromatic rings. The molecule has 0 saturated carbocycles. The Morgan fingerprint density at radius 1 is 1.11 bits per heavy atom. The predicted molar refractivity (Wildman–Crippen MR) is 105 cm³/mol. The monoisotopic (exact) mass is 389 g/mol. The molecule has 1 atom stereocenters. The van der Waals surface area contributed by atoms with Gasteiger partial charge in [-0.25, -0.2) is 13.5 Å². The van der Waals surface area contributed by atoms with Gasteiger partial charge in [0, 0.05) is 23.5 Å². The van der Waals surface area contributed by atoms with E-state index in [1.165, 1.54) is 5.56 Å². The van der Waals surface area contributed by atoms with E-state index in [9.17, 15) is 8.78 Å². The molecule has 0 aliphatic heterocycles. The Hall–Kier alpha value is -2.30. The molecule has 1 N–H and O–H groups in total. The van der Waals surface area contributed by atoms with Crippen LogP contribution in [0.4, 0.5) is 8.78 Å². The highest BCUT2D eigenvalue weighted by Crippen LogP contribution is 2.19. The highest BCUT2D eigenvalue weighted by Gasteiger charge is 2.13. The standard InChI is InChI=1S/C20H22F2N3OP/c1-13-3-5-14(6-4-13)11-25-20(8-16(24-25)10-23-2)26-12-15-7-18(22)19(27)9-17(15)21/h3-9,23H,10-12,27H2,1-2H3. The number of ether oxygens (including phenoxy) is 1. The van der Waals surface area contributed by atoms with Crippen molar-refractivity contribution in [3.63, 3.8) is 0 Å². The van der Waals surface area contributed by atoms with E-state index in [1.54, 1.807) is 4.68 Å². The van der Waals surface area contributed by atoms with Crippen molar-refractivity contribution in [3.05, 3.63) is 76.5 Å². The van der Waals surface area contributed by atoms with Crippen LogP contribution in [-0.2, 0) is 19.7 Å². The zero-order valence-electron chi connectivity index (χ0n) is 15.3. The van der Waals surface area contributed by atoms with Crippen LogP contribution in [-0.4, -0.2) is 16.8 Å². The second-order valence-electron chi connectivity index (χ2n) is 6.40. The summed E-state index contributed by atoms with van der Waals surface area (Å²) < 4.78 is 35.3. The van der Waals surface area contributed by atoms with Crippen molar-refractivity contribution < 1.29 is 13.5 Å². The molecular formula is C20H22F2N3OP. The number of benzene rings is 2. The van der Waals surface area contributed by atoms with Crippen molar-refractivity contribution in [1.29, 1.82) is 0 Å². The van der Waals surface area contributed by atoms with Crippen LogP contribution in [0.15, 0.2) is 42.5 Å². The first kappa shape index (κ1) is 19.5. The van der Waals surface area contributed by atoms with Crippen molar-refractivity contribution >= 4 is 14.5 Å². The summed E-state index contributed by atoms with van der Waals surface area (Å²) in [5.74, 6) is -0.471. The third kappa shape index (κ3) is 4.90. The first-order valence-corrected chi connectivity index (χ1v) is 9.17. The molecule has 4 nitrogen and oxygen atoms in total. The molecule has 142 valence electrons. The molecule has 0 spiro atoms. The van der Waals surface area contributed by atoms with Crippen molar-refractivity contribution in [3.8, 4) is 5.88 Å². The van der Waals surface area contributed by atoms with Crippen LogP contribution in [0.3, 0.4) is 0 Å². The molecule has 2 aromatic carbocycles. The summed E-state index contributed by atoms with van der Waals surface area (Å²) in [5, 5.41) is 7.78. The Balaban J connectivity index is 1.81. The highest BCUT2D eigenvalue weighted by molar-refractivity contribution is 7.27. The Morgan fingerprint density at radius 2 is 1.85 bits per heavy atom. The van der Waals surface area contributed by atoms with E-state index >= 15 is 0 Å². The van der Waals surface area contributed by atoms with Crippen LogP contribution in [0.2, 0.25) is 0 Å². The maximum Gasteiger partial charge on any atom is 0.212 e. The third-order valence-corrected chi connectivity index (χ3v) is 4.59. The minimum Gasteiger partial charge on any atom is -0.473 e. The van der Waals surface area contributed by atoms with Crippen molar-refractivity contribution in [1.82, 2.24) is 15.1 Å². The molecule has 27 heavy (non-hydrogen) atoms. The van der Waals surface area contributed by atoms with Gasteiger partial charge in [0.2, 0.25) is 5.88 Å². The second kappa shape index (κ2) is 8.59. The van der Waals surface area contributed by atoms with Gasteiger partial charge in [-0.05, 0) is 31.7 Å². The SMILES string of the molecule is CNCc1cc(OCc2cc(F)c(P)cc2F)n(Cc2ccc(C)cc2)n1. The number of aromatic nitrogens is 2. The topological polar surface area (TPSA) is 39.1 Å². The Bertz CT molecular complexity index is 926. The number of rotatable bonds is 7. The summed E-state index contributed by atoms with van der Waals surface area (Å²) in [6.45, 7) is 3.07. The first-order chi connectivity index (χ1) is 13.0. The molecule has 7 heteroatoms. The molecule has 0 aliphatic rings. The van der Waals surface area contributed by atoms with Gasteiger partial charge in [-0.3, -0.25) is 0 Å². The average molecular weight is 389 g/mol. The highest BCUT2D eigenvalue weighted by atomic mass is 31.0. The lowest BCUT2D eigenvalue weighted by atomic mass is 10.1. The van der Waals surface area contributed by atoms with Gasteiger partial charge in [0.05, 0.1) is 12.2 Å². The Labute approximate surface area is 159 Å². The molecule has 0 bridgehead atoms. The molecular weight excluding hydrogens is 367 g/mol. The summed E-state index contributed by atoms with van der Waals surface area (Å²) in [6, 6.07) is 12.3. The summed E-state index contributed by atoms with van der Waals surface area (Å²) in [7, 11) is 4.01. The number of hydrogen-bond donors (Lipinski definition) is 1. The van der Waals surface area contributed by atoms with Gasteiger partial charge in [-0.15, -0.1) is 9.24 Å². The van der Waals surface area contributed by atoms with Gasteiger partial charge in [-0.2, -0.15) is 5.10 Å². The van der Waals surface area contributed by atoms with E-state index < -0.39 is 11.6 Å². The molecule has 3 rings (SSSR count). The lowest BCUT2D eigenvalue weighted by molar-refractivity contribution is 0.270. The maximum atomic E-state index is 14.1. The van der Waals surface area contributed by atoms with Crippen LogP contribution < -0.4 is 15.4 Å². The fraction of sp³-hybridized carbons (Fsp3) is 0.250. The quantitative estimate of drug-likeness (QED) is 0.630. The molecule has 1 aromatic heterocycles. The molecule has 1 unspecified atom stereocenters. The summed E-state index contributed by atoms with van der Waals surface area (Å²) in [4.78, 5) is 0. The van der Waals surface area contributed by atoms with E-state index in [0.29, 0.717) is 19.0 Å². The van der Waals surface area contributed by atoms with Gasteiger partial charge in [0.15, 0.2) is 0 Å². The Kier molecular flexibility index (Phi) is 6.19. The smallest absolute Gasteiger partial charge is 0.212 e. The summed E-state index contributed by atoms with van der Waals surface area (Å²) in [6.07, 6.45) is 0. The number of nitrogens with zero attached hydrogens (tertiary/aromatic N) is 2. The third-order valence-electron chi connectivity index (χ3n) is 4.15. The molecule has 1 heterocycles. The van der Waals surface area contributed by atoms with Crippen LogP contribution in [0, 0.1) is 18.6 Å². The lowest BCUT2D eigenvalue weighted by Crippen LogP contribution is -2.10. The fourth-order valence-corrected chi connectivity index (χ4v) is 2.91. The number of nitrogens with one attached hydrogen (secondary N) is 1. The summed E-state index contributed by atoms with van der Waals surface area (Å²) in [5.41, 5.74) is 3.24. The normalized spacial score (nSPS) is 11.0. The van der Waals surface area contributed by atoms with Crippen LogP contribution in [0.5, 0.6) is 5.88 Å². The van der Waals surface area contributed by atoms with Crippen LogP contribution in [0.1, 0.15) is 22.4 Å². The van der Waals surface area contributed by atoms with Crippen molar-refractivity contribution in [2.75, 3.05) is 7.05 Å². The Morgan fingerprint density at radius 3 is 2.56 bits per heavy atom. The molecule has 0 fully saturated rings. The summed E-state index contributed by atoms with van der Waals surface area (Å²) >= 11 is 0. The zero-order chi connectivity index (χ0) is 19.4. The number of aryl methyl sites for hydroxylation is 1. The zero-order valence-corrected chi connectivity index (χ0v) is 16.5. The van der Waals surface area contributed by atoms with E-state index in [2.05, 4.69) is 19.7 Å². The maximum absolute atomic E-state index is 14.1. The molecule has 0 saturated heterocycles. The first-order valence-electron chi connectivity index (χ1n) is 8.59. The van der Waals surface area contributed by atoms with Crippen molar-refractivity contribution in [2.24, 2.45) is 0 Å². The largest absolute Gasteiger partial charge is 0.473 e. The van der Waals surface area contributed by atoms with Crippen molar-refractivity contribution in [2.45, 2.75) is 26.6 Å². The van der Waals surface area contributed by atoms with Gasteiger partial charge >= 0.3 is 0 Å². The second-order valence-corrected chi connectivity index (χ2v) is 7.02. The lowest BCUT2D eigenvalue weighted by Gasteiger charge is -2.11. The van der Waals surface area contributed by atoms with Crippen LogP contribution >= 0.6 is 9.24 Å². The van der Waals surface area contributed by atoms with Gasteiger partial charge in [0.1, 0.15) is 18.2 Å². The van der Waals surface area contributed by atoms with Gasteiger partial charge in [0.25, 0.3) is 0 Å². The number of halogens is 2. The van der Waals surface area contributed by atoms with E-state index in [4.69, 9.17) is 4.74 Å². The van der Waals surface area contributed by atoms with Gasteiger partial charge < -0.3 is 10.1 Å². The molecule has 0 amide bonds. The number of hydrogen-bond acceptors (Lipinski definition) is 3. The minimum atomic E-state index is -0.499. The van der Waals surface area contributed by atoms with Crippen LogP contribution in [0.25, 0.3) is 0 Å². The minimum absolute atomic E-state index is 0.0771. The fourth-order valence-electron chi connectivity index (χ4n) is 2.68. The van der Waals surface area contributed by atoms with Gasteiger partial charge in [-0.1, -0.05) is 29.8 Å². The molecule has 0 radical (unpaired) electrons. The van der Waals surface area contributed by atoms with E-state index in [0.717, 1.165) is 23.4 Å². The predicted octanol–water partition coefficient (Wildman–Crippen LogP) is 3.32. The van der Waals surface area contributed by atoms with E-state index in [-0.39, 0.29) is 17.5 Å². The average Bonchev–Trinajstić information content (AvgIpc) is 3.01.